The van der Waals surface area contributed by atoms with Gasteiger partial charge in [0.05, 0.1) is 32.3 Å². The highest BCUT2D eigenvalue weighted by molar-refractivity contribution is 7.92. The van der Waals surface area contributed by atoms with Gasteiger partial charge in [-0.3, -0.25) is 24.8 Å². The van der Waals surface area contributed by atoms with Crippen molar-refractivity contribution in [3.63, 3.8) is 0 Å². The minimum atomic E-state index is -4.06. The van der Waals surface area contributed by atoms with Gasteiger partial charge in [-0.05, 0) is 42.5 Å². The molecule has 0 aliphatic rings. The lowest BCUT2D eigenvalue weighted by Gasteiger charge is -2.19. The zero-order valence-corrected chi connectivity index (χ0v) is 18.4. The van der Waals surface area contributed by atoms with Crippen LogP contribution in [0, 0.1) is 15.9 Å². The number of carbonyl (C=O) groups excluding carboxylic acids is 1. The summed E-state index contributed by atoms with van der Waals surface area (Å²) in [5.74, 6) is -2.24. The summed E-state index contributed by atoms with van der Waals surface area (Å²) in [6, 6.07) is 13.4. The molecule has 1 amide bonds. The van der Waals surface area contributed by atoms with Crippen LogP contribution >= 0.6 is 11.3 Å². The Labute approximate surface area is 191 Å². The molecule has 9 nitrogen and oxygen atoms in total. The van der Waals surface area contributed by atoms with E-state index in [0.29, 0.717) is 15.9 Å². The number of thiazole rings is 1. The van der Waals surface area contributed by atoms with E-state index < -0.39 is 32.2 Å². The lowest BCUT2D eigenvalue weighted by Crippen LogP contribution is -2.35. The summed E-state index contributed by atoms with van der Waals surface area (Å²) in [6.07, 6.45) is 1.54. The molecule has 0 radical (unpaired) electrons. The lowest BCUT2D eigenvalue weighted by molar-refractivity contribution is -0.384. The lowest BCUT2D eigenvalue weighted by atomic mass is 10.3. The van der Waals surface area contributed by atoms with Gasteiger partial charge in [-0.1, -0.05) is 17.4 Å². The summed E-state index contributed by atoms with van der Waals surface area (Å²) in [5.41, 5.74) is 0.801. The fraction of sp³-hybridized carbons (Fsp3) is 0.0952. The topological polar surface area (TPSA) is 123 Å². The maximum Gasteiger partial charge on any atom is 0.270 e. The predicted octanol–water partition coefficient (Wildman–Crippen LogP) is 3.75. The van der Waals surface area contributed by atoms with Crippen LogP contribution in [-0.2, 0) is 21.2 Å². The maximum atomic E-state index is 13.2. The first-order valence-electron chi connectivity index (χ1n) is 9.46. The van der Waals surface area contributed by atoms with Gasteiger partial charge in [-0.2, -0.15) is 0 Å². The summed E-state index contributed by atoms with van der Waals surface area (Å²) in [5, 5.41) is 11.3. The SMILES string of the molecule is O=C(CS(=O)(=O)c1ccc(F)cc1)N(Cc1ccccn1)c1nc2ccc([N+](=O)[O-])cc2s1. The number of non-ortho nitro benzene ring substituents is 1. The number of nitrogens with zero attached hydrogens (tertiary/aromatic N) is 4. The van der Waals surface area contributed by atoms with Crippen molar-refractivity contribution in [1.29, 1.82) is 0 Å². The van der Waals surface area contributed by atoms with E-state index in [0.717, 1.165) is 35.6 Å². The largest absolute Gasteiger partial charge is 0.281 e. The van der Waals surface area contributed by atoms with Crippen molar-refractivity contribution in [2.45, 2.75) is 11.4 Å². The van der Waals surface area contributed by atoms with Gasteiger partial charge in [0.15, 0.2) is 15.0 Å². The fourth-order valence-corrected chi connectivity index (χ4v) is 5.23. The molecule has 0 fully saturated rings. The maximum absolute atomic E-state index is 13.2. The molecule has 0 aliphatic heterocycles. The Morgan fingerprint density at radius 1 is 1.12 bits per heavy atom. The highest BCUT2D eigenvalue weighted by Crippen LogP contribution is 2.32. The number of fused-ring (bicyclic) bond motifs is 1. The number of anilines is 1. The predicted molar refractivity (Wildman–Crippen MR) is 120 cm³/mol. The van der Waals surface area contributed by atoms with Crippen molar-refractivity contribution in [2.24, 2.45) is 0 Å². The van der Waals surface area contributed by atoms with E-state index in [2.05, 4.69) is 9.97 Å². The van der Waals surface area contributed by atoms with E-state index in [1.54, 1.807) is 18.2 Å². The van der Waals surface area contributed by atoms with E-state index in [4.69, 9.17) is 0 Å². The molecule has 33 heavy (non-hydrogen) atoms. The van der Waals surface area contributed by atoms with Gasteiger partial charge in [-0.25, -0.2) is 17.8 Å². The van der Waals surface area contributed by atoms with E-state index in [-0.39, 0.29) is 22.3 Å². The molecule has 2 aromatic heterocycles. The summed E-state index contributed by atoms with van der Waals surface area (Å²) < 4.78 is 39.2. The van der Waals surface area contributed by atoms with Gasteiger partial charge in [-0.15, -0.1) is 0 Å². The zero-order chi connectivity index (χ0) is 23.6. The van der Waals surface area contributed by atoms with E-state index in [9.17, 15) is 27.7 Å². The Hall–Kier alpha value is -3.77. The monoisotopic (exact) mass is 486 g/mol. The number of carbonyl (C=O) groups is 1. The van der Waals surface area contributed by atoms with Gasteiger partial charge in [0, 0.05) is 18.3 Å². The Morgan fingerprint density at radius 2 is 1.88 bits per heavy atom. The number of rotatable bonds is 7. The number of nitro groups is 1. The number of amides is 1. The van der Waals surface area contributed by atoms with Gasteiger partial charge in [0.25, 0.3) is 5.69 Å². The fourth-order valence-electron chi connectivity index (χ4n) is 3.01. The molecule has 0 saturated carbocycles. The second kappa shape index (κ2) is 9.00. The normalized spacial score (nSPS) is 11.4. The smallest absolute Gasteiger partial charge is 0.270 e. The third-order valence-corrected chi connectivity index (χ3v) is 7.29. The number of benzene rings is 2. The molecule has 0 aliphatic carbocycles. The van der Waals surface area contributed by atoms with Gasteiger partial charge in [0.2, 0.25) is 5.91 Å². The standard InChI is InChI=1S/C21H15FN4O5S2/c22-14-4-7-17(8-5-14)33(30,31)13-20(27)25(12-15-3-1-2-10-23-15)21-24-18-9-6-16(26(28)29)11-19(18)32-21/h1-11H,12-13H2. The minimum Gasteiger partial charge on any atom is -0.281 e. The summed E-state index contributed by atoms with van der Waals surface area (Å²) in [7, 11) is -4.06. The highest BCUT2D eigenvalue weighted by Gasteiger charge is 2.27. The van der Waals surface area contributed by atoms with Crippen molar-refractivity contribution < 1.29 is 22.5 Å². The van der Waals surface area contributed by atoms with E-state index in [1.165, 1.54) is 29.3 Å². The molecule has 0 spiro atoms. The van der Waals surface area contributed by atoms with Gasteiger partial charge >= 0.3 is 0 Å². The van der Waals surface area contributed by atoms with Crippen LogP contribution in [0.3, 0.4) is 0 Å². The number of sulfone groups is 1. The van der Waals surface area contributed by atoms with E-state index in [1.807, 2.05) is 0 Å². The first-order valence-corrected chi connectivity index (χ1v) is 11.9. The average Bonchev–Trinajstić information content (AvgIpc) is 3.21. The highest BCUT2D eigenvalue weighted by atomic mass is 32.2. The molecular formula is C21H15FN4O5S2. The average molecular weight is 487 g/mol. The Morgan fingerprint density at radius 3 is 2.55 bits per heavy atom. The molecule has 12 heteroatoms. The summed E-state index contributed by atoms with van der Waals surface area (Å²) in [4.78, 5) is 33.3. The summed E-state index contributed by atoms with van der Waals surface area (Å²) >= 11 is 1.03. The minimum absolute atomic E-state index is 0.0550. The first kappa shape index (κ1) is 22.4. The Kier molecular flexibility index (Phi) is 6.11. The van der Waals surface area contributed by atoms with Crippen LogP contribution < -0.4 is 4.90 Å². The first-order chi connectivity index (χ1) is 15.7. The Balaban J connectivity index is 1.70. The molecule has 0 saturated heterocycles. The number of hydrogen-bond acceptors (Lipinski definition) is 8. The summed E-state index contributed by atoms with van der Waals surface area (Å²) in [6.45, 7) is -0.0550. The second-order valence-corrected chi connectivity index (χ2v) is 9.92. The molecule has 4 aromatic rings. The zero-order valence-electron chi connectivity index (χ0n) is 16.8. The van der Waals surface area contributed by atoms with Crippen LogP contribution in [0.25, 0.3) is 10.2 Å². The number of aromatic nitrogens is 2. The molecule has 0 bridgehead atoms. The molecule has 4 rings (SSSR count). The number of hydrogen-bond donors (Lipinski definition) is 0. The molecule has 2 aromatic carbocycles. The van der Waals surface area contributed by atoms with Crippen LogP contribution in [0.5, 0.6) is 0 Å². The van der Waals surface area contributed by atoms with Crippen molar-refractivity contribution in [1.82, 2.24) is 9.97 Å². The second-order valence-electron chi connectivity index (χ2n) is 6.92. The Bertz CT molecular complexity index is 1440. The molecule has 0 N–H and O–H groups in total. The molecule has 168 valence electrons. The van der Waals surface area contributed by atoms with Crippen LogP contribution in [-0.4, -0.2) is 35.0 Å². The molecule has 2 heterocycles. The van der Waals surface area contributed by atoms with Crippen molar-refractivity contribution >= 4 is 48.1 Å². The van der Waals surface area contributed by atoms with Crippen LogP contribution in [0.1, 0.15) is 5.69 Å². The van der Waals surface area contributed by atoms with Gasteiger partial charge in [0.1, 0.15) is 11.6 Å². The van der Waals surface area contributed by atoms with Crippen LogP contribution in [0.2, 0.25) is 0 Å². The van der Waals surface area contributed by atoms with Crippen molar-refractivity contribution in [2.75, 3.05) is 10.7 Å². The van der Waals surface area contributed by atoms with E-state index >= 15 is 0 Å². The number of pyridine rings is 1. The van der Waals surface area contributed by atoms with Crippen LogP contribution in [0.4, 0.5) is 15.2 Å². The van der Waals surface area contributed by atoms with Gasteiger partial charge < -0.3 is 0 Å². The third-order valence-electron chi connectivity index (χ3n) is 4.64. The molecular weight excluding hydrogens is 471 g/mol. The molecule has 0 atom stereocenters. The molecule has 0 unspecified atom stereocenters. The number of nitro benzene ring substituents is 1. The van der Waals surface area contributed by atoms with Crippen molar-refractivity contribution in [3.8, 4) is 0 Å². The van der Waals surface area contributed by atoms with Crippen molar-refractivity contribution in [3.05, 3.63) is 88.5 Å². The van der Waals surface area contributed by atoms with Crippen LogP contribution in [0.15, 0.2) is 71.8 Å². The number of halogens is 1. The quantitative estimate of drug-likeness (QED) is 0.221. The third kappa shape index (κ3) is 5.02.